The molecular weight excluding hydrogens is 484 g/mol. The smallest absolute Gasteiger partial charge is 0.255 e. The fourth-order valence-electron chi connectivity index (χ4n) is 4.78. The maximum absolute atomic E-state index is 12.9. The highest BCUT2D eigenvalue weighted by atomic mass is 16.5. The van der Waals surface area contributed by atoms with Crippen molar-refractivity contribution in [2.45, 2.75) is 25.7 Å². The fraction of sp³-hybridized carbons (Fsp3) is 0.276. The first-order valence-corrected chi connectivity index (χ1v) is 12.5. The van der Waals surface area contributed by atoms with E-state index in [-0.39, 0.29) is 17.7 Å². The molecule has 3 aromatic carbocycles. The Kier molecular flexibility index (Phi) is 7.17. The first-order chi connectivity index (χ1) is 18.5. The fourth-order valence-corrected chi connectivity index (χ4v) is 4.78. The molecule has 0 atom stereocenters. The number of anilines is 2. The van der Waals surface area contributed by atoms with Crippen molar-refractivity contribution in [1.82, 2.24) is 9.97 Å². The molecule has 3 N–H and O–H groups in total. The van der Waals surface area contributed by atoms with Gasteiger partial charge >= 0.3 is 0 Å². The molecule has 0 unspecified atom stereocenters. The van der Waals surface area contributed by atoms with Crippen molar-refractivity contribution in [1.29, 1.82) is 0 Å². The summed E-state index contributed by atoms with van der Waals surface area (Å²) in [6, 6.07) is 16.3. The van der Waals surface area contributed by atoms with Gasteiger partial charge in [-0.1, -0.05) is 12.8 Å². The molecule has 0 radical (unpaired) electrons. The minimum Gasteiger partial charge on any atom is -0.493 e. The highest BCUT2D eigenvalue weighted by Gasteiger charge is 2.23. The number of amides is 2. The highest BCUT2D eigenvalue weighted by molar-refractivity contribution is 6.05. The number of benzene rings is 3. The van der Waals surface area contributed by atoms with E-state index in [4.69, 9.17) is 14.2 Å². The third-order valence-corrected chi connectivity index (χ3v) is 6.82. The van der Waals surface area contributed by atoms with Gasteiger partial charge in [-0.25, -0.2) is 4.98 Å². The molecule has 1 fully saturated rings. The summed E-state index contributed by atoms with van der Waals surface area (Å²) in [5.41, 5.74) is 4.26. The third-order valence-electron chi connectivity index (χ3n) is 6.82. The number of carbonyl (C=O) groups excluding carboxylic acids is 2. The number of nitrogens with zero attached hydrogens (tertiary/aromatic N) is 1. The minimum atomic E-state index is -0.312. The molecule has 4 aromatic rings. The minimum absolute atomic E-state index is 0.0887. The van der Waals surface area contributed by atoms with E-state index in [0.29, 0.717) is 34.3 Å². The predicted molar refractivity (Wildman–Crippen MR) is 146 cm³/mol. The maximum Gasteiger partial charge on any atom is 0.255 e. The molecule has 196 valence electrons. The Hall–Kier alpha value is -4.53. The third kappa shape index (κ3) is 5.13. The molecule has 9 heteroatoms. The van der Waals surface area contributed by atoms with Crippen molar-refractivity contribution in [2.75, 3.05) is 32.0 Å². The van der Waals surface area contributed by atoms with Crippen LogP contribution in [0.15, 0.2) is 54.6 Å². The number of hydrogen-bond acceptors (Lipinski definition) is 6. The van der Waals surface area contributed by atoms with Crippen LogP contribution in [-0.4, -0.2) is 43.1 Å². The second kappa shape index (κ2) is 10.8. The molecule has 0 bridgehead atoms. The van der Waals surface area contributed by atoms with Crippen molar-refractivity contribution in [3.05, 3.63) is 60.2 Å². The lowest BCUT2D eigenvalue weighted by Crippen LogP contribution is -2.20. The number of hydrogen-bond donors (Lipinski definition) is 3. The van der Waals surface area contributed by atoms with Crippen molar-refractivity contribution >= 4 is 34.2 Å². The Morgan fingerprint density at radius 2 is 1.50 bits per heavy atom. The lowest BCUT2D eigenvalue weighted by atomic mass is 10.1. The van der Waals surface area contributed by atoms with Gasteiger partial charge in [-0.15, -0.1) is 0 Å². The SMILES string of the molecule is COc1cc(C(=O)Nc2ccc(-c3nc4ccc(NC(=O)C5CCCC5)cc4[nH]3)cc2)cc(OC)c1OC. The van der Waals surface area contributed by atoms with Crippen LogP contribution in [0.4, 0.5) is 11.4 Å². The molecule has 9 nitrogen and oxygen atoms in total. The molecule has 0 spiro atoms. The van der Waals surface area contributed by atoms with Gasteiger partial charge in [-0.2, -0.15) is 0 Å². The number of aromatic amines is 1. The van der Waals surface area contributed by atoms with Crippen LogP contribution in [0, 0.1) is 5.92 Å². The highest BCUT2D eigenvalue weighted by Crippen LogP contribution is 2.38. The Morgan fingerprint density at radius 3 is 2.13 bits per heavy atom. The standard InChI is InChI=1S/C29H30N4O5/c1-36-24-14-19(15-25(37-2)26(24)38-3)29(35)30-20-10-8-17(9-11-20)27-32-22-13-12-21(16-23(22)33-27)31-28(34)18-6-4-5-7-18/h8-16,18H,4-7H2,1-3H3,(H,30,35)(H,31,34)(H,32,33). The van der Waals surface area contributed by atoms with E-state index >= 15 is 0 Å². The van der Waals surface area contributed by atoms with Gasteiger partial charge in [0.2, 0.25) is 11.7 Å². The van der Waals surface area contributed by atoms with E-state index in [0.717, 1.165) is 48.0 Å². The molecule has 1 heterocycles. The number of fused-ring (bicyclic) bond motifs is 1. The predicted octanol–water partition coefficient (Wildman–Crippen LogP) is 5.64. The molecule has 38 heavy (non-hydrogen) atoms. The molecule has 1 saturated carbocycles. The first kappa shape index (κ1) is 25.1. The molecule has 1 aliphatic carbocycles. The Labute approximate surface area is 220 Å². The quantitative estimate of drug-likeness (QED) is 0.281. The van der Waals surface area contributed by atoms with E-state index in [9.17, 15) is 9.59 Å². The lowest BCUT2D eigenvalue weighted by Gasteiger charge is -2.14. The number of aromatic nitrogens is 2. The number of rotatable bonds is 8. The molecule has 0 aliphatic heterocycles. The van der Waals surface area contributed by atoms with Crippen LogP contribution < -0.4 is 24.8 Å². The van der Waals surface area contributed by atoms with E-state index in [1.807, 2.05) is 42.5 Å². The van der Waals surface area contributed by atoms with Crippen molar-refractivity contribution in [3.8, 4) is 28.6 Å². The van der Waals surface area contributed by atoms with E-state index in [2.05, 4.69) is 20.6 Å². The Balaban J connectivity index is 1.29. The van der Waals surface area contributed by atoms with Gasteiger partial charge in [0.25, 0.3) is 5.91 Å². The molecule has 2 amide bonds. The van der Waals surface area contributed by atoms with Crippen molar-refractivity contribution < 1.29 is 23.8 Å². The van der Waals surface area contributed by atoms with E-state index in [1.165, 1.54) is 21.3 Å². The zero-order chi connectivity index (χ0) is 26.6. The molecule has 0 saturated heterocycles. The summed E-state index contributed by atoms with van der Waals surface area (Å²) in [6.45, 7) is 0. The van der Waals surface area contributed by atoms with Crippen LogP contribution in [0.5, 0.6) is 17.2 Å². The van der Waals surface area contributed by atoms with Gasteiger partial charge in [0.05, 0.1) is 32.4 Å². The van der Waals surface area contributed by atoms with E-state index in [1.54, 1.807) is 12.1 Å². The average Bonchev–Trinajstić information content (AvgIpc) is 3.63. The van der Waals surface area contributed by atoms with Crippen molar-refractivity contribution in [2.24, 2.45) is 5.92 Å². The number of nitrogens with one attached hydrogen (secondary N) is 3. The summed E-state index contributed by atoms with van der Waals surface area (Å²) in [4.78, 5) is 33.4. The second-order valence-corrected chi connectivity index (χ2v) is 9.23. The number of carbonyl (C=O) groups is 2. The maximum atomic E-state index is 12.9. The zero-order valence-corrected chi connectivity index (χ0v) is 21.6. The summed E-state index contributed by atoms with van der Waals surface area (Å²) in [5.74, 6) is 1.80. The Bertz CT molecular complexity index is 1450. The van der Waals surface area contributed by atoms with Gasteiger partial charge in [0.1, 0.15) is 5.82 Å². The first-order valence-electron chi connectivity index (χ1n) is 12.5. The summed E-state index contributed by atoms with van der Waals surface area (Å²) < 4.78 is 16.0. The molecule has 5 rings (SSSR count). The van der Waals surface area contributed by atoms with Crippen molar-refractivity contribution in [3.63, 3.8) is 0 Å². The van der Waals surface area contributed by atoms with Crippen LogP contribution in [0.3, 0.4) is 0 Å². The average molecular weight is 515 g/mol. The van der Waals surface area contributed by atoms with Crippen LogP contribution in [0.2, 0.25) is 0 Å². The van der Waals surface area contributed by atoms with Gasteiger partial charge < -0.3 is 29.8 Å². The van der Waals surface area contributed by atoms with Gasteiger partial charge in [-0.3, -0.25) is 9.59 Å². The zero-order valence-electron chi connectivity index (χ0n) is 21.6. The number of H-pyrrole nitrogens is 1. The second-order valence-electron chi connectivity index (χ2n) is 9.23. The van der Waals surface area contributed by atoms with Crippen LogP contribution >= 0.6 is 0 Å². The largest absolute Gasteiger partial charge is 0.493 e. The molecular formula is C29H30N4O5. The normalized spacial score (nSPS) is 13.3. The number of ether oxygens (including phenoxy) is 3. The van der Waals surface area contributed by atoms with Gasteiger partial charge in [-0.05, 0) is 67.4 Å². The molecule has 1 aromatic heterocycles. The summed E-state index contributed by atoms with van der Waals surface area (Å²) in [7, 11) is 4.52. The Morgan fingerprint density at radius 1 is 0.842 bits per heavy atom. The molecule has 1 aliphatic rings. The van der Waals surface area contributed by atoms with Gasteiger partial charge in [0.15, 0.2) is 11.5 Å². The monoisotopic (exact) mass is 514 g/mol. The van der Waals surface area contributed by atoms with E-state index < -0.39 is 0 Å². The topological polar surface area (TPSA) is 115 Å². The summed E-state index contributed by atoms with van der Waals surface area (Å²) in [6.07, 6.45) is 4.16. The van der Waals surface area contributed by atoms with Crippen LogP contribution in [0.25, 0.3) is 22.4 Å². The van der Waals surface area contributed by atoms with Gasteiger partial charge in [0, 0.05) is 28.4 Å². The van der Waals surface area contributed by atoms with Crippen LogP contribution in [-0.2, 0) is 4.79 Å². The number of methoxy groups -OCH3 is 3. The number of imidazole rings is 1. The summed E-state index contributed by atoms with van der Waals surface area (Å²) >= 11 is 0. The summed E-state index contributed by atoms with van der Waals surface area (Å²) in [5, 5.41) is 5.93. The van der Waals surface area contributed by atoms with Crippen LogP contribution in [0.1, 0.15) is 36.0 Å². The lowest BCUT2D eigenvalue weighted by molar-refractivity contribution is -0.119.